The van der Waals surface area contributed by atoms with Crippen LogP contribution in [0.15, 0.2) is 54.7 Å². The minimum Gasteiger partial charge on any atom is -0.453 e. The van der Waals surface area contributed by atoms with Gasteiger partial charge in [-0.15, -0.1) is 0 Å². The van der Waals surface area contributed by atoms with Crippen molar-refractivity contribution in [1.82, 2.24) is 34.6 Å². The molecule has 5 heterocycles. The van der Waals surface area contributed by atoms with Crippen LogP contribution >= 0.6 is 54.0 Å². The van der Waals surface area contributed by atoms with Crippen molar-refractivity contribution < 1.29 is 23.9 Å². The van der Waals surface area contributed by atoms with E-state index in [0.29, 0.717) is 32.1 Å². The van der Waals surface area contributed by atoms with Crippen molar-refractivity contribution in [2.75, 3.05) is 26.8 Å². The molecule has 2 aromatic carbocycles. The number of H-pyrrole nitrogens is 1. The number of amides is 3. The lowest BCUT2D eigenvalue weighted by Gasteiger charge is -2.29. The Morgan fingerprint density at radius 3 is 2.12 bits per heavy atom. The molecule has 12 nitrogen and oxygen atoms in total. The van der Waals surface area contributed by atoms with Crippen LogP contribution in [0.5, 0.6) is 0 Å². The average Bonchev–Trinajstić information content (AvgIpc) is 4.01. The summed E-state index contributed by atoms with van der Waals surface area (Å²) in [5, 5.41) is 2.77. The number of rotatable bonds is 7. The van der Waals surface area contributed by atoms with E-state index in [4.69, 9.17) is 19.4 Å². The van der Waals surface area contributed by atoms with Crippen LogP contribution in [0, 0.1) is 11.8 Å². The van der Waals surface area contributed by atoms with Gasteiger partial charge in [0.15, 0.2) is 0 Å². The number of benzene rings is 2. The third-order valence-electron chi connectivity index (χ3n) is 11.7. The standard InChI is InChI=1S/C42H53N7O5.4H2S/c1-26(2)27(3)40(50)48-21-8-11-34(48)38-43-24-33(44-38)30-17-13-28(14-18-30)29-15-19-31(20-16-29)37-36-25-54-23-7-6-10-32(45-42(52)53-5)41(51)49-22-9-12-35(49)39(46-37)47(36)4;;;;/h13-20,24,26-27,32,34-35H,6-12,21-23,25H2,1-5H3,(H,43,44)(H,45,52);4*1H2/t27-,32-,34-,35-;;;;/m0..../s1. The topological polar surface area (TPSA) is 135 Å². The van der Waals surface area contributed by atoms with Crippen molar-refractivity contribution in [3.63, 3.8) is 0 Å². The number of alkyl carbamates (subject to hydrolysis) is 1. The van der Waals surface area contributed by atoms with Gasteiger partial charge in [-0.1, -0.05) is 69.3 Å². The Morgan fingerprint density at radius 2 is 1.47 bits per heavy atom. The second kappa shape index (κ2) is 21.6. The molecule has 3 aliphatic heterocycles. The predicted molar refractivity (Wildman–Crippen MR) is 247 cm³/mol. The molecular weight excluding hydrogens is 811 g/mol. The van der Waals surface area contributed by atoms with Crippen LogP contribution in [0.1, 0.15) is 95.1 Å². The smallest absolute Gasteiger partial charge is 0.407 e. The zero-order chi connectivity index (χ0) is 37.9. The zero-order valence-corrected chi connectivity index (χ0v) is 38.1. The number of carbonyl (C=O) groups excluding carboxylic acids is 3. The van der Waals surface area contributed by atoms with Gasteiger partial charge in [-0.2, -0.15) is 54.0 Å². The number of likely N-dealkylation sites (tertiary alicyclic amines) is 1. The highest BCUT2D eigenvalue weighted by atomic mass is 32.1. The fourth-order valence-corrected chi connectivity index (χ4v) is 8.10. The molecule has 2 N–H and O–H groups in total. The van der Waals surface area contributed by atoms with Gasteiger partial charge in [-0.25, -0.2) is 14.8 Å². The number of fused-ring (bicyclic) bond motifs is 4. The van der Waals surface area contributed by atoms with Crippen molar-refractivity contribution >= 4 is 71.9 Å². The van der Waals surface area contributed by atoms with Crippen LogP contribution in [0.4, 0.5) is 4.79 Å². The Balaban J connectivity index is 0.00000225. The van der Waals surface area contributed by atoms with Crippen LogP contribution in [0.25, 0.3) is 33.6 Å². The highest BCUT2D eigenvalue weighted by molar-refractivity contribution is 7.59. The minimum absolute atomic E-state index is 0. The number of methoxy groups -OCH3 is 1. The van der Waals surface area contributed by atoms with E-state index in [0.717, 1.165) is 96.1 Å². The van der Waals surface area contributed by atoms with Crippen LogP contribution in [0.2, 0.25) is 0 Å². The van der Waals surface area contributed by atoms with Gasteiger partial charge in [0.1, 0.15) is 17.7 Å². The predicted octanol–water partition coefficient (Wildman–Crippen LogP) is 7.64. The van der Waals surface area contributed by atoms with Crippen LogP contribution < -0.4 is 5.32 Å². The van der Waals surface area contributed by atoms with Gasteiger partial charge in [-0.05, 0) is 67.6 Å². The van der Waals surface area contributed by atoms with Crippen molar-refractivity contribution in [1.29, 1.82) is 0 Å². The van der Waals surface area contributed by atoms with Gasteiger partial charge in [-0.3, -0.25) is 9.59 Å². The Morgan fingerprint density at radius 1 is 0.845 bits per heavy atom. The number of hydrogen-bond donors (Lipinski definition) is 2. The summed E-state index contributed by atoms with van der Waals surface area (Å²) in [5.41, 5.74) is 6.97. The minimum atomic E-state index is -0.658. The SMILES string of the molecule is COC(=O)N[C@H]1CCCCOCc2c(-c3ccc(-c4ccc(-c5cnc([C@@H]6CCCN6C(=O)[C@@H](C)C(C)C)[nH]5)cc4)cc3)nc(n2C)[C@@H]2CCCN2C1=O.S.S.S.S. The van der Waals surface area contributed by atoms with Crippen LogP contribution in [-0.2, 0) is 32.7 Å². The quantitative estimate of drug-likeness (QED) is 0.195. The molecule has 7 rings (SSSR count). The summed E-state index contributed by atoms with van der Waals surface area (Å²) in [5.74, 6) is 2.07. The number of nitrogens with zero attached hydrogens (tertiary/aromatic N) is 5. The number of nitrogens with one attached hydrogen (secondary N) is 2. The normalized spacial score (nSPS) is 19.8. The second-order valence-corrected chi connectivity index (χ2v) is 15.3. The molecule has 0 unspecified atom stereocenters. The summed E-state index contributed by atoms with van der Waals surface area (Å²) in [6, 6.07) is 16.0. The summed E-state index contributed by atoms with van der Waals surface area (Å²) >= 11 is 0. The monoisotopic (exact) mass is 871 g/mol. The molecule has 58 heavy (non-hydrogen) atoms. The first kappa shape index (κ1) is 48.8. The first-order chi connectivity index (χ1) is 26.1. The molecule has 0 spiro atoms. The van der Waals surface area contributed by atoms with E-state index in [1.807, 2.05) is 30.0 Å². The molecule has 318 valence electrons. The molecule has 4 aromatic rings. The molecule has 2 saturated heterocycles. The molecule has 4 atom stereocenters. The number of ether oxygens (including phenoxy) is 2. The van der Waals surface area contributed by atoms with E-state index in [9.17, 15) is 14.4 Å². The summed E-state index contributed by atoms with van der Waals surface area (Å²) in [4.78, 5) is 56.5. The molecule has 0 radical (unpaired) electrons. The summed E-state index contributed by atoms with van der Waals surface area (Å²) in [7, 11) is 3.32. The third kappa shape index (κ3) is 10.2. The van der Waals surface area contributed by atoms with Gasteiger partial charge in [0, 0.05) is 38.2 Å². The fraction of sp³-hybridized carbons (Fsp3) is 0.500. The summed E-state index contributed by atoms with van der Waals surface area (Å²) in [6.45, 7) is 8.56. The van der Waals surface area contributed by atoms with E-state index in [-0.39, 0.29) is 83.8 Å². The Bertz CT molecular complexity index is 1970. The van der Waals surface area contributed by atoms with E-state index < -0.39 is 12.1 Å². The van der Waals surface area contributed by atoms with Crippen molar-refractivity contribution in [3.8, 4) is 33.6 Å². The number of carbonyl (C=O) groups is 3. The molecule has 16 heteroatoms. The largest absolute Gasteiger partial charge is 0.453 e. The lowest BCUT2D eigenvalue weighted by Crippen LogP contribution is -2.48. The van der Waals surface area contributed by atoms with Crippen molar-refractivity contribution in [3.05, 3.63) is 72.1 Å². The molecule has 3 amide bonds. The number of aromatic amines is 1. The Labute approximate surface area is 370 Å². The average molecular weight is 872 g/mol. The van der Waals surface area contributed by atoms with Crippen molar-refractivity contribution in [2.24, 2.45) is 18.9 Å². The number of hydrogen-bond acceptors (Lipinski definition) is 7. The molecular formula is C42H61N7O5S4. The molecule has 2 aromatic heterocycles. The highest BCUT2D eigenvalue weighted by Crippen LogP contribution is 2.37. The van der Waals surface area contributed by atoms with Crippen LogP contribution in [-0.4, -0.2) is 80.1 Å². The molecule has 2 bridgehead atoms. The van der Waals surface area contributed by atoms with Gasteiger partial charge in [0.2, 0.25) is 11.8 Å². The maximum Gasteiger partial charge on any atom is 0.407 e. The first-order valence-electron chi connectivity index (χ1n) is 19.5. The van der Waals surface area contributed by atoms with Gasteiger partial charge >= 0.3 is 6.09 Å². The van der Waals surface area contributed by atoms with Gasteiger partial charge < -0.3 is 34.1 Å². The first-order valence-corrected chi connectivity index (χ1v) is 19.5. The number of imidazole rings is 2. The lowest BCUT2D eigenvalue weighted by atomic mass is 9.96. The van der Waals surface area contributed by atoms with Gasteiger partial charge in [0.05, 0.1) is 49.1 Å². The lowest BCUT2D eigenvalue weighted by molar-refractivity contribution is -0.137. The van der Waals surface area contributed by atoms with E-state index in [1.54, 1.807) is 0 Å². The summed E-state index contributed by atoms with van der Waals surface area (Å²) in [6.07, 6.45) is 6.87. The van der Waals surface area contributed by atoms with E-state index in [1.165, 1.54) is 7.11 Å². The maximum absolute atomic E-state index is 13.8. The second-order valence-electron chi connectivity index (χ2n) is 15.3. The van der Waals surface area contributed by atoms with E-state index >= 15 is 0 Å². The molecule has 0 aliphatic carbocycles. The highest BCUT2D eigenvalue weighted by Gasteiger charge is 2.38. The fourth-order valence-electron chi connectivity index (χ4n) is 8.10. The van der Waals surface area contributed by atoms with Crippen LogP contribution in [0.3, 0.4) is 0 Å². The molecule has 2 fully saturated rings. The zero-order valence-electron chi connectivity index (χ0n) is 34.1. The maximum atomic E-state index is 13.8. The molecule has 0 saturated carbocycles. The Kier molecular flexibility index (Phi) is 18.2. The van der Waals surface area contributed by atoms with Gasteiger partial charge in [0.25, 0.3) is 0 Å². The van der Waals surface area contributed by atoms with Crippen molar-refractivity contribution in [2.45, 2.75) is 90.4 Å². The Hall–Kier alpha value is -3.57. The van der Waals surface area contributed by atoms with E-state index in [2.05, 4.69) is 77.2 Å². The third-order valence-corrected chi connectivity index (χ3v) is 11.7. The molecule has 3 aliphatic rings. The number of aromatic nitrogens is 4. The summed E-state index contributed by atoms with van der Waals surface area (Å²) < 4.78 is 13.1.